The smallest absolute Gasteiger partial charge is 0.343 e. The molecule has 0 heterocycles. The van der Waals surface area contributed by atoms with Crippen molar-refractivity contribution in [3.8, 4) is 23.0 Å². The molecule has 43 heavy (non-hydrogen) atoms. The number of esters is 4. The molecule has 2 atom stereocenters. The van der Waals surface area contributed by atoms with Crippen LogP contribution < -0.4 is 18.9 Å². The van der Waals surface area contributed by atoms with Crippen molar-refractivity contribution in [2.24, 2.45) is 11.8 Å². The molecular weight excluding hydrogens is 556 g/mol. The van der Waals surface area contributed by atoms with Gasteiger partial charge < -0.3 is 28.4 Å². The van der Waals surface area contributed by atoms with Gasteiger partial charge in [0.1, 0.15) is 23.0 Å². The number of carbonyl (C=O) groups excluding carboxylic acids is 4. The molecule has 0 fully saturated rings. The fraction of sp³-hybridized carbons (Fsp3) is 0.333. The maximum absolute atomic E-state index is 12.7. The number of hydrogen-bond donors (Lipinski definition) is 0. The molecule has 0 N–H and O–H groups in total. The normalized spacial score (nSPS) is 11.9. The van der Waals surface area contributed by atoms with Crippen LogP contribution in [0.1, 0.15) is 66.8 Å². The Balaban J connectivity index is 1.49. The van der Waals surface area contributed by atoms with E-state index in [0.29, 0.717) is 46.8 Å². The number of carbonyl (C=O) groups is 4. The quantitative estimate of drug-likeness (QED) is 0.120. The predicted octanol–water partition coefficient (Wildman–Crippen LogP) is 6.28. The largest absolute Gasteiger partial charge is 0.457 e. The Morgan fingerprint density at radius 3 is 1.44 bits per heavy atom. The van der Waals surface area contributed by atoms with Crippen LogP contribution >= 0.6 is 0 Å². The van der Waals surface area contributed by atoms with E-state index >= 15 is 0 Å². The van der Waals surface area contributed by atoms with Gasteiger partial charge in [0.2, 0.25) is 13.6 Å². The molecule has 0 aliphatic carbocycles. The average Bonchev–Trinajstić information content (AvgIpc) is 3.01. The van der Waals surface area contributed by atoms with Gasteiger partial charge >= 0.3 is 23.9 Å². The molecule has 0 spiro atoms. The van der Waals surface area contributed by atoms with Gasteiger partial charge in [0.15, 0.2) is 0 Å². The summed E-state index contributed by atoms with van der Waals surface area (Å²) in [6, 6.07) is 17.1. The van der Waals surface area contributed by atoms with Crippen molar-refractivity contribution in [1.82, 2.24) is 0 Å². The average molecular weight is 593 g/mol. The molecular formula is C33H36O10. The SMILES string of the molecule is CCC(C)C(=O)OCOc1ccc(C(=O)Oc2ccc(OC(=O)c3ccc(OCOC(=O)C(C)CC)cc3)c(C)c2)cc1. The van der Waals surface area contributed by atoms with Crippen LogP contribution in [0.4, 0.5) is 0 Å². The highest BCUT2D eigenvalue weighted by atomic mass is 16.7. The third-order valence-electron chi connectivity index (χ3n) is 6.62. The Labute approximate surface area is 250 Å². The molecule has 10 heteroatoms. The van der Waals surface area contributed by atoms with Gasteiger partial charge in [0.05, 0.1) is 23.0 Å². The van der Waals surface area contributed by atoms with Crippen molar-refractivity contribution in [3.63, 3.8) is 0 Å². The Morgan fingerprint density at radius 1 is 0.605 bits per heavy atom. The first-order chi connectivity index (χ1) is 20.6. The lowest BCUT2D eigenvalue weighted by atomic mass is 10.1. The molecule has 0 saturated heterocycles. The third-order valence-corrected chi connectivity index (χ3v) is 6.62. The fourth-order valence-corrected chi connectivity index (χ4v) is 3.43. The molecule has 0 aliphatic rings. The van der Waals surface area contributed by atoms with Crippen LogP contribution in [0.2, 0.25) is 0 Å². The summed E-state index contributed by atoms with van der Waals surface area (Å²) in [5, 5.41) is 0. The number of aryl methyl sites for hydroxylation is 1. The van der Waals surface area contributed by atoms with E-state index in [9.17, 15) is 19.2 Å². The van der Waals surface area contributed by atoms with Crippen LogP contribution in [0.15, 0.2) is 66.7 Å². The lowest BCUT2D eigenvalue weighted by molar-refractivity contribution is -0.155. The zero-order chi connectivity index (χ0) is 31.4. The highest BCUT2D eigenvalue weighted by Crippen LogP contribution is 2.26. The zero-order valence-electron chi connectivity index (χ0n) is 24.9. The van der Waals surface area contributed by atoms with Gasteiger partial charge in [-0.25, -0.2) is 9.59 Å². The highest BCUT2D eigenvalue weighted by Gasteiger charge is 2.15. The van der Waals surface area contributed by atoms with Gasteiger partial charge in [0, 0.05) is 0 Å². The van der Waals surface area contributed by atoms with Crippen LogP contribution in [0.3, 0.4) is 0 Å². The molecule has 0 bridgehead atoms. The number of ether oxygens (including phenoxy) is 6. The first-order valence-electron chi connectivity index (χ1n) is 13.9. The van der Waals surface area contributed by atoms with Crippen LogP contribution in [0.5, 0.6) is 23.0 Å². The van der Waals surface area contributed by atoms with Gasteiger partial charge in [-0.15, -0.1) is 0 Å². The van der Waals surface area contributed by atoms with Gasteiger partial charge in [0.25, 0.3) is 0 Å². The fourth-order valence-electron chi connectivity index (χ4n) is 3.43. The lowest BCUT2D eigenvalue weighted by Crippen LogP contribution is -2.17. The summed E-state index contributed by atoms with van der Waals surface area (Å²) in [4.78, 5) is 48.7. The van der Waals surface area contributed by atoms with E-state index in [1.807, 2.05) is 13.8 Å². The molecule has 0 saturated carbocycles. The minimum Gasteiger partial charge on any atom is -0.457 e. The Bertz CT molecular complexity index is 1400. The third kappa shape index (κ3) is 9.88. The minimum atomic E-state index is -0.587. The molecule has 3 aromatic rings. The molecule has 3 aromatic carbocycles. The topological polar surface area (TPSA) is 124 Å². The highest BCUT2D eigenvalue weighted by molar-refractivity contribution is 5.92. The molecule has 0 aromatic heterocycles. The summed E-state index contributed by atoms with van der Waals surface area (Å²) in [6.45, 7) is 8.62. The van der Waals surface area contributed by atoms with Crippen molar-refractivity contribution in [1.29, 1.82) is 0 Å². The number of hydrogen-bond acceptors (Lipinski definition) is 10. The maximum Gasteiger partial charge on any atom is 0.343 e. The molecule has 10 nitrogen and oxygen atoms in total. The molecule has 2 unspecified atom stereocenters. The van der Waals surface area contributed by atoms with Crippen LogP contribution in [-0.2, 0) is 19.1 Å². The number of rotatable bonds is 14. The standard InChI is InChI=1S/C33H36O10/c1-6-21(3)30(34)40-19-38-26-12-8-24(9-13-26)32(36)42-28-16-17-29(23(5)18-28)43-33(37)25-10-14-27(15-11-25)39-20-41-31(35)22(4)7-2/h8-18,21-22H,6-7,19-20H2,1-5H3. The summed E-state index contributed by atoms with van der Waals surface area (Å²) < 4.78 is 31.9. The molecule has 0 amide bonds. The second-order valence-electron chi connectivity index (χ2n) is 9.82. The van der Waals surface area contributed by atoms with Gasteiger partial charge in [-0.05, 0) is 92.1 Å². The van der Waals surface area contributed by atoms with E-state index in [4.69, 9.17) is 28.4 Å². The second-order valence-corrected chi connectivity index (χ2v) is 9.82. The summed E-state index contributed by atoms with van der Waals surface area (Å²) in [5.74, 6) is -0.813. The summed E-state index contributed by atoms with van der Waals surface area (Å²) in [7, 11) is 0. The molecule has 0 radical (unpaired) electrons. The molecule has 0 aliphatic heterocycles. The van der Waals surface area contributed by atoms with E-state index in [0.717, 1.165) is 0 Å². The van der Waals surface area contributed by atoms with Gasteiger partial charge in [-0.3, -0.25) is 9.59 Å². The van der Waals surface area contributed by atoms with Crippen molar-refractivity contribution in [3.05, 3.63) is 83.4 Å². The summed E-state index contributed by atoms with van der Waals surface area (Å²) in [5.41, 5.74) is 1.16. The Hall–Kier alpha value is -4.86. The van der Waals surface area contributed by atoms with E-state index in [2.05, 4.69) is 0 Å². The minimum absolute atomic E-state index is 0.204. The van der Waals surface area contributed by atoms with E-state index in [1.165, 1.54) is 36.4 Å². The van der Waals surface area contributed by atoms with Crippen LogP contribution in [0, 0.1) is 18.8 Å². The second kappa shape index (κ2) is 16.0. The van der Waals surface area contributed by atoms with Crippen molar-refractivity contribution < 1.29 is 47.6 Å². The van der Waals surface area contributed by atoms with Crippen molar-refractivity contribution in [2.75, 3.05) is 13.6 Å². The first-order valence-corrected chi connectivity index (χ1v) is 13.9. The summed E-state index contributed by atoms with van der Waals surface area (Å²) >= 11 is 0. The summed E-state index contributed by atoms with van der Waals surface area (Å²) in [6.07, 6.45) is 1.35. The zero-order valence-corrected chi connectivity index (χ0v) is 24.9. The number of benzene rings is 3. The Morgan fingerprint density at radius 2 is 1.02 bits per heavy atom. The lowest BCUT2D eigenvalue weighted by Gasteiger charge is -2.12. The first kappa shape index (κ1) is 32.7. The van der Waals surface area contributed by atoms with Gasteiger partial charge in [-0.1, -0.05) is 27.7 Å². The maximum atomic E-state index is 12.7. The Kier molecular flexibility index (Phi) is 12.1. The van der Waals surface area contributed by atoms with Crippen molar-refractivity contribution in [2.45, 2.75) is 47.5 Å². The van der Waals surface area contributed by atoms with Gasteiger partial charge in [-0.2, -0.15) is 0 Å². The monoisotopic (exact) mass is 592 g/mol. The molecule has 228 valence electrons. The predicted molar refractivity (Wildman–Crippen MR) is 156 cm³/mol. The van der Waals surface area contributed by atoms with E-state index < -0.39 is 11.9 Å². The van der Waals surface area contributed by atoms with E-state index in [-0.39, 0.29) is 43.1 Å². The van der Waals surface area contributed by atoms with Crippen molar-refractivity contribution >= 4 is 23.9 Å². The molecule has 3 rings (SSSR count). The van der Waals surface area contributed by atoms with Crippen LogP contribution in [-0.4, -0.2) is 37.5 Å². The van der Waals surface area contributed by atoms with E-state index in [1.54, 1.807) is 51.1 Å². The van der Waals surface area contributed by atoms with Crippen LogP contribution in [0.25, 0.3) is 0 Å².